The molecule has 0 radical (unpaired) electrons. The Kier molecular flexibility index (Phi) is 5.44. The molecule has 1 aromatic carbocycles. The maximum Gasteiger partial charge on any atom is 0.136 e. The van der Waals surface area contributed by atoms with Crippen molar-refractivity contribution in [1.29, 1.82) is 0 Å². The third-order valence-corrected chi connectivity index (χ3v) is 5.71. The van der Waals surface area contributed by atoms with Crippen LogP contribution in [0.25, 0.3) is 0 Å². The Morgan fingerprint density at radius 2 is 2.00 bits per heavy atom. The van der Waals surface area contributed by atoms with Crippen molar-refractivity contribution in [2.75, 3.05) is 7.05 Å². The van der Waals surface area contributed by atoms with Gasteiger partial charge in [0.25, 0.3) is 0 Å². The number of hydrogen-bond donors (Lipinski definition) is 1. The maximum absolute atomic E-state index is 13.8. The largest absolute Gasteiger partial charge is 0.316 e. The van der Waals surface area contributed by atoms with Gasteiger partial charge in [-0.2, -0.15) is 0 Å². The average Bonchev–Trinajstić information content (AvgIpc) is 2.42. The summed E-state index contributed by atoms with van der Waals surface area (Å²) in [5, 5.41) is 3.63. The van der Waals surface area contributed by atoms with Crippen molar-refractivity contribution in [2.45, 2.75) is 49.3 Å². The highest BCUT2D eigenvalue weighted by molar-refractivity contribution is 8.00. The second kappa shape index (κ2) is 6.90. The van der Waals surface area contributed by atoms with Gasteiger partial charge in [-0.15, -0.1) is 11.8 Å². The van der Waals surface area contributed by atoms with Gasteiger partial charge in [0.15, 0.2) is 0 Å². The number of rotatable bonds is 4. The lowest BCUT2D eigenvalue weighted by Crippen LogP contribution is -2.41. The van der Waals surface area contributed by atoms with E-state index in [4.69, 9.17) is 0 Å². The van der Waals surface area contributed by atoms with Crippen LogP contribution >= 0.6 is 11.8 Å². The van der Waals surface area contributed by atoms with Gasteiger partial charge in [-0.25, -0.2) is 8.78 Å². The lowest BCUT2D eigenvalue weighted by molar-refractivity contribution is 0.251. The smallest absolute Gasteiger partial charge is 0.136 e. The highest BCUT2D eigenvalue weighted by atomic mass is 32.2. The first kappa shape index (κ1) is 15.8. The number of nitrogens with one attached hydrogen (secondary N) is 1. The molecule has 1 nitrogen and oxygen atoms in total. The zero-order chi connectivity index (χ0) is 14.7. The van der Waals surface area contributed by atoms with Crippen molar-refractivity contribution in [3.05, 3.63) is 29.8 Å². The quantitative estimate of drug-likeness (QED) is 0.880. The van der Waals surface area contributed by atoms with Crippen LogP contribution in [0.15, 0.2) is 23.1 Å². The molecule has 0 amide bonds. The predicted octanol–water partition coefficient (Wildman–Crippen LogP) is 4.47. The lowest BCUT2D eigenvalue weighted by atomic mass is 9.79. The summed E-state index contributed by atoms with van der Waals surface area (Å²) in [6, 6.07) is 4.07. The molecule has 0 bridgehead atoms. The molecule has 0 saturated heterocycles. The molecule has 0 aliphatic heterocycles. The molecule has 3 unspecified atom stereocenters. The Labute approximate surface area is 124 Å². The molecule has 112 valence electrons. The summed E-state index contributed by atoms with van der Waals surface area (Å²) in [6.45, 7) is 4.49. The summed E-state index contributed by atoms with van der Waals surface area (Å²) < 4.78 is 27.1. The van der Waals surface area contributed by atoms with Gasteiger partial charge in [-0.1, -0.05) is 13.8 Å². The first-order valence-electron chi connectivity index (χ1n) is 7.30. The Hall–Kier alpha value is -0.610. The molecule has 20 heavy (non-hydrogen) atoms. The SMILES string of the molecule is CNC1CCC(C(C)C)CC1Sc1cc(F)ccc1F. The van der Waals surface area contributed by atoms with Crippen LogP contribution in [0, 0.1) is 23.5 Å². The number of thioether (sulfide) groups is 1. The minimum Gasteiger partial charge on any atom is -0.316 e. The number of hydrogen-bond acceptors (Lipinski definition) is 2. The van der Waals surface area contributed by atoms with Crippen LogP contribution in [-0.4, -0.2) is 18.3 Å². The van der Waals surface area contributed by atoms with Crippen molar-refractivity contribution >= 4 is 11.8 Å². The highest BCUT2D eigenvalue weighted by Gasteiger charge is 2.32. The lowest BCUT2D eigenvalue weighted by Gasteiger charge is -2.37. The minimum atomic E-state index is -0.369. The molecule has 1 aliphatic rings. The van der Waals surface area contributed by atoms with E-state index < -0.39 is 0 Å². The molecule has 0 heterocycles. The standard InChI is InChI=1S/C16H23F2NS/c1-10(2)11-4-7-14(19-3)16(8-11)20-15-9-12(17)5-6-13(15)18/h5-6,9-11,14,16,19H,4,7-8H2,1-3H3. The molecule has 1 aliphatic carbocycles. The van der Waals surface area contributed by atoms with Gasteiger partial charge in [0.2, 0.25) is 0 Å². The van der Waals surface area contributed by atoms with E-state index in [1.807, 2.05) is 7.05 Å². The molecular weight excluding hydrogens is 276 g/mol. The van der Waals surface area contributed by atoms with Gasteiger partial charge in [0.1, 0.15) is 11.6 Å². The van der Waals surface area contributed by atoms with E-state index in [9.17, 15) is 8.78 Å². The van der Waals surface area contributed by atoms with Crippen molar-refractivity contribution < 1.29 is 8.78 Å². The van der Waals surface area contributed by atoms with Crippen LogP contribution in [0.2, 0.25) is 0 Å². The van der Waals surface area contributed by atoms with Crippen LogP contribution in [0.3, 0.4) is 0 Å². The van der Waals surface area contributed by atoms with Crippen molar-refractivity contribution in [1.82, 2.24) is 5.32 Å². The Morgan fingerprint density at radius 1 is 1.25 bits per heavy atom. The van der Waals surface area contributed by atoms with E-state index in [2.05, 4.69) is 19.2 Å². The van der Waals surface area contributed by atoms with Crippen LogP contribution < -0.4 is 5.32 Å². The van der Waals surface area contributed by atoms with Gasteiger partial charge in [-0.3, -0.25) is 0 Å². The summed E-state index contributed by atoms with van der Waals surface area (Å²) in [4.78, 5) is 0.430. The average molecular weight is 299 g/mol. The van der Waals surface area contributed by atoms with E-state index in [-0.39, 0.29) is 11.6 Å². The fourth-order valence-corrected chi connectivity index (χ4v) is 4.42. The molecule has 1 N–H and O–H groups in total. The molecule has 4 heteroatoms. The molecule has 0 aromatic heterocycles. The van der Waals surface area contributed by atoms with E-state index in [1.54, 1.807) is 0 Å². The summed E-state index contributed by atoms with van der Waals surface area (Å²) in [5.41, 5.74) is 0. The number of halogens is 2. The van der Waals surface area contributed by atoms with Crippen molar-refractivity contribution in [3.63, 3.8) is 0 Å². The Morgan fingerprint density at radius 3 is 2.65 bits per heavy atom. The van der Waals surface area contributed by atoms with E-state index in [1.165, 1.54) is 36.4 Å². The summed E-state index contributed by atoms with van der Waals surface area (Å²) in [6.07, 6.45) is 3.38. The summed E-state index contributed by atoms with van der Waals surface area (Å²) >= 11 is 1.48. The normalized spacial score (nSPS) is 27.0. The molecule has 1 saturated carbocycles. The molecule has 1 fully saturated rings. The third kappa shape index (κ3) is 3.73. The van der Waals surface area contributed by atoms with E-state index in [0.717, 1.165) is 12.8 Å². The van der Waals surface area contributed by atoms with Gasteiger partial charge in [0, 0.05) is 16.2 Å². The molecular formula is C16H23F2NS. The zero-order valence-corrected chi connectivity index (χ0v) is 13.1. The second-order valence-corrected chi connectivity index (χ2v) is 7.22. The van der Waals surface area contributed by atoms with Gasteiger partial charge in [0.05, 0.1) is 0 Å². The number of benzene rings is 1. The van der Waals surface area contributed by atoms with Gasteiger partial charge < -0.3 is 5.32 Å². The van der Waals surface area contributed by atoms with Crippen LogP contribution in [0.4, 0.5) is 8.78 Å². The Bertz CT molecular complexity index is 450. The zero-order valence-electron chi connectivity index (χ0n) is 12.3. The monoisotopic (exact) mass is 299 g/mol. The van der Waals surface area contributed by atoms with Crippen molar-refractivity contribution in [2.24, 2.45) is 11.8 Å². The van der Waals surface area contributed by atoms with Crippen LogP contribution in [0.5, 0.6) is 0 Å². The van der Waals surface area contributed by atoms with E-state index >= 15 is 0 Å². The fraction of sp³-hybridized carbons (Fsp3) is 0.625. The van der Waals surface area contributed by atoms with Crippen molar-refractivity contribution in [3.8, 4) is 0 Å². The predicted molar refractivity (Wildman–Crippen MR) is 81.0 cm³/mol. The van der Waals surface area contributed by atoms with Crippen LogP contribution in [0.1, 0.15) is 33.1 Å². The highest BCUT2D eigenvalue weighted by Crippen LogP contribution is 2.39. The van der Waals surface area contributed by atoms with Gasteiger partial charge in [-0.05, 0) is 56.3 Å². The van der Waals surface area contributed by atoms with Crippen LogP contribution in [-0.2, 0) is 0 Å². The third-order valence-electron chi connectivity index (χ3n) is 4.32. The fourth-order valence-electron chi connectivity index (χ4n) is 2.96. The first-order valence-corrected chi connectivity index (χ1v) is 8.18. The molecule has 1 aromatic rings. The van der Waals surface area contributed by atoms with E-state index in [0.29, 0.717) is 28.0 Å². The topological polar surface area (TPSA) is 12.0 Å². The molecule has 3 atom stereocenters. The minimum absolute atomic E-state index is 0.303. The maximum atomic E-state index is 13.8. The summed E-state index contributed by atoms with van der Waals surface area (Å²) in [5.74, 6) is 0.631. The molecule has 2 rings (SSSR count). The molecule has 0 spiro atoms. The second-order valence-electron chi connectivity index (χ2n) is 5.94. The first-order chi connectivity index (χ1) is 9.51. The summed E-state index contributed by atoms with van der Waals surface area (Å²) in [7, 11) is 1.95. The van der Waals surface area contributed by atoms with Gasteiger partial charge >= 0.3 is 0 Å². The Balaban J connectivity index is 2.13.